The van der Waals surface area contributed by atoms with Crippen molar-refractivity contribution >= 4 is 0 Å². The summed E-state index contributed by atoms with van der Waals surface area (Å²) in [6, 6.07) is 15.3. The minimum atomic E-state index is 0.0118. The minimum Gasteiger partial charge on any atom is -0.508 e. The fourth-order valence-electron chi connectivity index (χ4n) is 3.39. The molecule has 0 spiro atoms. The summed E-state index contributed by atoms with van der Waals surface area (Å²) in [7, 11) is 1.66. The van der Waals surface area contributed by atoms with Crippen LogP contribution in [0, 0.1) is 0 Å². The molecule has 27 heavy (non-hydrogen) atoms. The van der Waals surface area contributed by atoms with Gasteiger partial charge in [-0.05, 0) is 18.2 Å². The molecule has 3 aromatic rings. The van der Waals surface area contributed by atoms with Gasteiger partial charge in [-0.3, -0.25) is 4.90 Å². The summed E-state index contributed by atoms with van der Waals surface area (Å²) >= 11 is 0. The number of aromatic hydroxyl groups is 1. The SMILES string of the molecule is COc1cccc(-c2cnc(C3COCCN3Cc3ccccc3O)[nH]2)c1. The molecule has 1 aromatic heterocycles. The first kappa shape index (κ1) is 17.6. The van der Waals surface area contributed by atoms with Gasteiger partial charge in [0.2, 0.25) is 0 Å². The number of aromatic nitrogens is 2. The number of imidazole rings is 1. The summed E-state index contributed by atoms with van der Waals surface area (Å²) in [6.45, 7) is 2.68. The van der Waals surface area contributed by atoms with Crippen molar-refractivity contribution in [2.45, 2.75) is 12.6 Å². The molecule has 1 fully saturated rings. The summed E-state index contributed by atoms with van der Waals surface area (Å²) in [4.78, 5) is 10.3. The number of nitrogens with one attached hydrogen (secondary N) is 1. The minimum absolute atomic E-state index is 0.0118. The molecule has 0 bridgehead atoms. The van der Waals surface area contributed by atoms with Gasteiger partial charge >= 0.3 is 0 Å². The number of hydrogen-bond acceptors (Lipinski definition) is 5. The van der Waals surface area contributed by atoms with E-state index in [4.69, 9.17) is 9.47 Å². The highest BCUT2D eigenvalue weighted by molar-refractivity contribution is 5.60. The topological polar surface area (TPSA) is 70.6 Å². The number of H-pyrrole nitrogens is 1. The molecule has 0 saturated carbocycles. The van der Waals surface area contributed by atoms with Gasteiger partial charge in [0.25, 0.3) is 0 Å². The molecule has 1 aliphatic heterocycles. The Morgan fingerprint density at radius 1 is 1.26 bits per heavy atom. The lowest BCUT2D eigenvalue weighted by molar-refractivity contribution is -0.0158. The summed E-state index contributed by atoms with van der Waals surface area (Å²) in [5.74, 6) is 1.99. The van der Waals surface area contributed by atoms with Gasteiger partial charge in [0.05, 0.1) is 38.3 Å². The Balaban J connectivity index is 1.57. The van der Waals surface area contributed by atoms with Gasteiger partial charge in [-0.15, -0.1) is 0 Å². The van der Waals surface area contributed by atoms with Crippen molar-refractivity contribution in [3.05, 3.63) is 66.1 Å². The number of benzene rings is 2. The zero-order chi connectivity index (χ0) is 18.6. The summed E-state index contributed by atoms with van der Waals surface area (Å²) < 4.78 is 11.0. The molecule has 140 valence electrons. The molecule has 1 atom stereocenters. The first-order valence-electron chi connectivity index (χ1n) is 9.02. The highest BCUT2D eigenvalue weighted by Crippen LogP contribution is 2.29. The van der Waals surface area contributed by atoms with E-state index in [0.717, 1.165) is 34.9 Å². The second-order valence-electron chi connectivity index (χ2n) is 6.60. The molecule has 2 heterocycles. The third kappa shape index (κ3) is 3.82. The zero-order valence-electron chi connectivity index (χ0n) is 15.3. The smallest absolute Gasteiger partial charge is 0.126 e. The lowest BCUT2D eigenvalue weighted by atomic mass is 10.1. The Labute approximate surface area is 158 Å². The van der Waals surface area contributed by atoms with E-state index < -0.39 is 0 Å². The van der Waals surface area contributed by atoms with Crippen LogP contribution in [-0.2, 0) is 11.3 Å². The molecular weight excluding hydrogens is 342 g/mol. The predicted molar refractivity (Wildman–Crippen MR) is 103 cm³/mol. The summed E-state index contributed by atoms with van der Waals surface area (Å²) in [6.07, 6.45) is 1.84. The monoisotopic (exact) mass is 365 g/mol. The summed E-state index contributed by atoms with van der Waals surface area (Å²) in [5, 5.41) is 10.1. The Bertz CT molecular complexity index is 909. The van der Waals surface area contributed by atoms with Crippen LogP contribution in [0.3, 0.4) is 0 Å². The Morgan fingerprint density at radius 2 is 2.15 bits per heavy atom. The number of nitrogens with zero attached hydrogens (tertiary/aromatic N) is 2. The van der Waals surface area contributed by atoms with E-state index in [9.17, 15) is 5.11 Å². The van der Waals surface area contributed by atoms with Gasteiger partial charge < -0.3 is 19.6 Å². The highest BCUT2D eigenvalue weighted by Gasteiger charge is 2.27. The van der Waals surface area contributed by atoms with E-state index in [1.807, 2.05) is 48.7 Å². The molecule has 6 nitrogen and oxygen atoms in total. The molecule has 0 amide bonds. The van der Waals surface area contributed by atoms with Crippen LogP contribution < -0.4 is 4.74 Å². The molecule has 0 radical (unpaired) electrons. The zero-order valence-corrected chi connectivity index (χ0v) is 15.3. The average molecular weight is 365 g/mol. The van der Waals surface area contributed by atoms with Crippen LogP contribution in [-0.4, -0.2) is 46.8 Å². The fraction of sp³-hybridized carbons (Fsp3) is 0.286. The van der Waals surface area contributed by atoms with Crippen LogP contribution in [0.5, 0.6) is 11.5 Å². The van der Waals surface area contributed by atoms with E-state index in [0.29, 0.717) is 25.5 Å². The first-order valence-corrected chi connectivity index (χ1v) is 9.02. The third-order valence-corrected chi connectivity index (χ3v) is 4.90. The van der Waals surface area contributed by atoms with Crippen LogP contribution in [0.2, 0.25) is 0 Å². The highest BCUT2D eigenvalue weighted by atomic mass is 16.5. The van der Waals surface area contributed by atoms with E-state index in [1.54, 1.807) is 13.2 Å². The molecule has 2 N–H and O–H groups in total. The number of morpholine rings is 1. The number of para-hydroxylation sites is 1. The second kappa shape index (κ2) is 7.82. The standard InChI is InChI=1S/C21H23N3O3/c1-26-17-7-4-6-15(11-17)18-12-22-21(23-18)19-14-27-10-9-24(19)13-16-5-2-3-8-20(16)25/h2-8,11-12,19,25H,9-10,13-14H2,1H3,(H,22,23). The molecule has 0 aliphatic carbocycles. The number of phenols is 1. The first-order chi connectivity index (χ1) is 13.2. The molecule has 2 aromatic carbocycles. The molecule has 1 unspecified atom stereocenters. The van der Waals surface area contributed by atoms with Gasteiger partial charge in [-0.2, -0.15) is 0 Å². The van der Waals surface area contributed by atoms with Gasteiger partial charge in [-0.25, -0.2) is 4.98 Å². The molecule has 4 rings (SSSR count). The number of methoxy groups -OCH3 is 1. The molecule has 6 heteroatoms. The van der Waals surface area contributed by atoms with Crippen LogP contribution in [0.25, 0.3) is 11.3 Å². The van der Waals surface area contributed by atoms with Crippen LogP contribution >= 0.6 is 0 Å². The average Bonchev–Trinajstić information content (AvgIpc) is 3.20. The van der Waals surface area contributed by atoms with E-state index >= 15 is 0 Å². The van der Waals surface area contributed by atoms with Gasteiger partial charge in [-0.1, -0.05) is 30.3 Å². The Kier molecular flexibility index (Phi) is 5.09. The van der Waals surface area contributed by atoms with Crippen molar-refractivity contribution in [3.63, 3.8) is 0 Å². The predicted octanol–water partition coefficient (Wildman–Crippen LogP) is 3.36. The van der Waals surface area contributed by atoms with Crippen molar-refractivity contribution in [2.24, 2.45) is 0 Å². The number of hydrogen-bond donors (Lipinski definition) is 2. The molecule has 1 saturated heterocycles. The second-order valence-corrected chi connectivity index (χ2v) is 6.60. The van der Waals surface area contributed by atoms with Gasteiger partial charge in [0.15, 0.2) is 0 Å². The molecule has 1 aliphatic rings. The van der Waals surface area contributed by atoms with Crippen molar-refractivity contribution in [3.8, 4) is 22.8 Å². The van der Waals surface area contributed by atoms with Crippen LogP contribution in [0.15, 0.2) is 54.7 Å². The van der Waals surface area contributed by atoms with Crippen molar-refractivity contribution < 1.29 is 14.6 Å². The maximum absolute atomic E-state index is 10.1. The van der Waals surface area contributed by atoms with Gasteiger partial charge in [0, 0.05) is 24.2 Å². The summed E-state index contributed by atoms with van der Waals surface area (Å²) in [5.41, 5.74) is 2.87. The lowest BCUT2D eigenvalue weighted by Gasteiger charge is -2.34. The Hall–Kier alpha value is -2.83. The third-order valence-electron chi connectivity index (χ3n) is 4.90. The van der Waals surface area contributed by atoms with Crippen LogP contribution in [0.4, 0.5) is 0 Å². The normalized spacial score (nSPS) is 17.7. The maximum atomic E-state index is 10.1. The quantitative estimate of drug-likeness (QED) is 0.725. The number of rotatable bonds is 5. The number of aromatic amines is 1. The largest absolute Gasteiger partial charge is 0.508 e. The number of ether oxygens (including phenoxy) is 2. The van der Waals surface area contributed by atoms with Crippen molar-refractivity contribution in [2.75, 3.05) is 26.9 Å². The van der Waals surface area contributed by atoms with Crippen molar-refractivity contribution in [1.29, 1.82) is 0 Å². The van der Waals surface area contributed by atoms with Crippen LogP contribution in [0.1, 0.15) is 17.4 Å². The number of phenolic OH excluding ortho intramolecular Hbond substituents is 1. The van der Waals surface area contributed by atoms with E-state index in [1.165, 1.54) is 0 Å². The van der Waals surface area contributed by atoms with E-state index in [2.05, 4.69) is 14.9 Å². The fourth-order valence-corrected chi connectivity index (χ4v) is 3.39. The van der Waals surface area contributed by atoms with E-state index in [-0.39, 0.29) is 6.04 Å². The molecular formula is C21H23N3O3. The Morgan fingerprint density at radius 3 is 3.00 bits per heavy atom. The maximum Gasteiger partial charge on any atom is 0.126 e. The van der Waals surface area contributed by atoms with Gasteiger partial charge in [0.1, 0.15) is 17.3 Å². The lowest BCUT2D eigenvalue weighted by Crippen LogP contribution is -2.39. The van der Waals surface area contributed by atoms with Crippen molar-refractivity contribution in [1.82, 2.24) is 14.9 Å².